The molecule has 0 amide bonds. The molecule has 4 nitrogen and oxygen atoms in total. The third-order valence-corrected chi connectivity index (χ3v) is 2.92. The van der Waals surface area contributed by atoms with Gasteiger partial charge in [-0.1, -0.05) is 36.9 Å². The van der Waals surface area contributed by atoms with Crippen molar-refractivity contribution in [2.24, 2.45) is 0 Å². The number of benzene rings is 2. The minimum atomic E-state index is -0.937. The van der Waals surface area contributed by atoms with Crippen LogP contribution in [0.5, 0.6) is 5.75 Å². The molecule has 0 saturated carbocycles. The molecule has 0 radical (unpaired) electrons. The maximum atomic E-state index is 10.9. The van der Waals surface area contributed by atoms with Gasteiger partial charge in [-0.15, -0.1) is 0 Å². The highest BCUT2D eigenvalue weighted by Gasteiger charge is 2.05. The van der Waals surface area contributed by atoms with Crippen LogP contribution >= 0.6 is 0 Å². The van der Waals surface area contributed by atoms with Gasteiger partial charge in [0.15, 0.2) is 0 Å². The van der Waals surface area contributed by atoms with Gasteiger partial charge in [0.1, 0.15) is 12.4 Å². The van der Waals surface area contributed by atoms with Crippen LogP contribution in [0.3, 0.4) is 0 Å². The molecule has 0 atom stereocenters. The quantitative estimate of drug-likeness (QED) is 0.763. The summed E-state index contributed by atoms with van der Waals surface area (Å²) in [7, 11) is 0. The lowest BCUT2D eigenvalue weighted by atomic mass is 10.1. The van der Waals surface area contributed by atoms with E-state index in [1.807, 2.05) is 30.3 Å². The zero-order chi connectivity index (χ0) is 15.1. The fourth-order valence-corrected chi connectivity index (χ4v) is 1.90. The van der Waals surface area contributed by atoms with Crippen LogP contribution in [0.25, 0.3) is 0 Å². The van der Waals surface area contributed by atoms with Crippen LogP contribution in [-0.4, -0.2) is 17.7 Å². The van der Waals surface area contributed by atoms with Gasteiger partial charge >= 0.3 is 5.97 Å². The summed E-state index contributed by atoms with van der Waals surface area (Å²) < 4.78 is 5.58. The minimum Gasteiger partial charge on any atom is -0.489 e. The van der Waals surface area contributed by atoms with E-state index in [1.165, 1.54) is 0 Å². The van der Waals surface area contributed by atoms with Gasteiger partial charge in [0.2, 0.25) is 0 Å². The molecule has 2 N–H and O–H groups in total. The first-order valence-corrected chi connectivity index (χ1v) is 6.59. The van der Waals surface area contributed by atoms with Crippen molar-refractivity contribution in [3.8, 4) is 5.75 Å². The Labute approximate surface area is 123 Å². The standard InChI is InChI=1S/C17H17NO3/c1-2-10-21-16-9-4-3-6-14(16)12-18-15-8-5-7-13(11-15)17(19)20/h2-9,11,18H,1,10,12H2,(H,19,20). The number of hydrogen-bond acceptors (Lipinski definition) is 3. The average Bonchev–Trinajstić information content (AvgIpc) is 2.52. The van der Waals surface area contributed by atoms with Crippen molar-refractivity contribution >= 4 is 11.7 Å². The first-order valence-electron chi connectivity index (χ1n) is 6.59. The Kier molecular flexibility index (Phi) is 4.99. The molecular weight excluding hydrogens is 266 g/mol. The number of anilines is 1. The van der Waals surface area contributed by atoms with E-state index in [9.17, 15) is 4.79 Å². The topological polar surface area (TPSA) is 58.6 Å². The molecule has 21 heavy (non-hydrogen) atoms. The molecule has 0 aromatic heterocycles. The van der Waals surface area contributed by atoms with Crippen LogP contribution < -0.4 is 10.1 Å². The molecule has 0 saturated heterocycles. The minimum absolute atomic E-state index is 0.260. The summed E-state index contributed by atoms with van der Waals surface area (Å²) in [5, 5.41) is 12.2. The molecule has 0 aliphatic rings. The van der Waals surface area contributed by atoms with Gasteiger partial charge in [0, 0.05) is 17.8 Å². The van der Waals surface area contributed by atoms with E-state index in [1.54, 1.807) is 24.3 Å². The molecule has 2 aromatic carbocycles. The molecule has 0 bridgehead atoms. The fourth-order valence-electron chi connectivity index (χ4n) is 1.90. The second kappa shape index (κ2) is 7.14. The molecule has 0 spiro atoms. The summed E-state index contributed by atoms with van der Waals surface area (Å²) in [6, 6.07) is 14.4. The number of rotatable bonds is 7. The Bertz CT molecular complexity index is 637. The van der Waals surface area contributed by atoms with Crippen molar-refractivity contribution in [3.05, 3.63) is 72.3 Å². The third kappa shape index (κ3) is 4.11. The number of hydrogen-bond donors (Lipinski definition) is 2. The van der Waals surface area contributed by atoms with Gasteiger partial charge in [-0.25, -0.2) is 4.79 Å². The van der Waals surface area contributed by atoms with Gasteiger partial charge in [-0.2, -0.15) is 0 Å². The summed E-state index contributed by atoms with van der Waals surface area (Å²) in [5.74, 6) is -0.146. The van der Waals surface area contributed by atoms with E-state index in [0.29, 0.717) is 13.2 Å². The number of carbonyl (C=O) groups is 1. The lowest BCUT2D eigenvalue weighted by molar-refractivity contribution is 0.0697. The SMILES string of the molecule is C=CCOc1ccccc1CNc1cccc(C(=O)O)c1. The van der Waals surface area contributed by atoms with E-state index >= 15 is 0 Å². The van der Waals surface area contributed by atoms with Crippen LogP contribution in [-0.2, 0) is 6.54 Å². The zero-order valence-electron chi connectivity index (χ0n) is 11.6. The van der Waals surface area contributed by atoms with Crippen molar-refractivity contribution in [1.82, 2.24) is 0 Å². The Hall–Kier alpha value is -2.75. The molecule has 0 aliphatic heterocycles. The lowest BCUT2D eigenvalue weighted by Crippen LogP contribution is -2.04. The van der Waals surface area contributed by atoms with E-state index in [4.69, 9.17) is 9.84 Å². The van der Waals surface area contributed by atoms with Gasteiger partial charge in [0.25, 0.3) is 0 Å². The molecule has 4 heteroatoms. The molecule has 0 fully saturated rings. The van der Waals surface area contributed by atoms with Crippen LogP contribution in [0.1, 0.15) is 15.9 Å². The Morgan fingerprint density at radius 3 is 2.81 bits per heavy atom. The van der Waals surface area contributed by atoms with Gasteiger partial charge in [0.05, 0.1) is 5.56 Å². The van der Waals surface area contributed by atoms with E-state index in [2.05, 4.69) is 11.9 Å². The zero-order valence-corrected chi connectivity index (χ0v) is 11.6. The maximum Gasteiger partial charge on any atom is 0.335 e. The predicted octanol–water partition coefficient (Wildman–Crippen LogP) is 3.56. The predicted molar refractivity (Wildman–Crippen MR) is 82.9 cm³/mol. The van der Waals surface area contributed by atoms with Gasteiger partial charge in [-0.05, 0) is 24.3 Å². The van der Waals surface area contributed by atoms with E-state index in [0.717, 1.165) is 17.0 Å². The largest absolute Gasteiger partial charge is 0.489 e. The number of ether oxygens (including phenoxy) is 1. The monoisotopic (exact) mass is 283 g/mol. The van der Waals surface area contributed by atoms with Crippen molar-refractivity contribution in [2.75, 3.05) is 11.9 Å². The molecule has 2 rings (SSSR count). The normalized spacial score (nSPS) is 9.90. The fraction of sp³-hybridized carbons (Fsp3) is 0.118. The molecule has 108 valence electrons. The van der Waals surface area contributed by atoms with Crippen LogP contribution in [0.15, 0.2) is 61.2 Å². The van der Waals surface area contributed by atoms with Gasteiger partial charge in [-0.3, -0.25) is 0 Å². The smallest absolute Gasteiger partial charge is 0.335 e. The first-order chi connectivity index (χ1) is 10.2. The molecule has 0 unspecified atom stereocenters. The number of aromatic carboxylic acids is 1. The van der Waals surface area contributed by atoms with Crippen LogP contribution in [0.2, 0.25) is 0 Å². The highest BCUT2D eigenvalue weighted by Crippen LogP contribution is 2.20. The van der Waals surface area contributed by atoms with E-state index in [-0.39, 0.29) is 5.56 Å². The van der Waals surface area contributed by atoms with Crippen molar-refractivity contribution < 1.29 is 14.6 Å². The summed E-state index contributed by atoms with van der Waals surface area (Å²) in [4.78, 5) is 10.9. The summed E-state index contributed by atoms with van der Waals surface area (Å²) in [5.41, 5.74) is 2.02. The second-order valence-corrected chi connectivity index (χ2v) is 4.45. The van der Waals surface area contributed by atoms with Crippen molar-refractivity contribution in [3.63, 3.8) is 0 Å². The number of para-hydroxylation sites is 1. The molecule has 2 aromatic rings. The lowest BCUT2D eigenvalue weighted by Gasteiger charge is -2.12. The number of carboxylic acids is 1. The Morgan fingerprint density at radius 2 is 2.05 bits per heavy atom. The number of carboxylic acid groups (broad SMARTS) is 1. The van der Waals surface area contributed by atoms with Crippen molar-refractivity contribution in [1.29, 1.82) is 0 Å². The summed E-state index contributed by atoms with van der Waals surface area (Å²) >= 11 is 0. The highest BCUT2D eigenvalue weighted by molar-refractivity contribution is 5.88. The van der Waals surface area contributed by atoms with Crippen LogP contribution in [0.4, 0.5) is 5.69 Å². The third-order valence-electron chi connectivity index (χ3n) is 2.92. The molecule has 0 heterocycles. The highest BCUT2D eigenvalue weighted by atomic mass is 16.5. The second-order valence-electron chi connectivity index (χ2n) is 4.45. The summed E-state index contributed by atoms with van der Waals surface area (Å²) in [6.45, 7) is 4.63. The van der Waals surface area contributed by atoms with Crippen molar-refractivity contribution in [2.45, 2.75) is 6.54 Å². The maximum absolute atomic E-state index is 10.9. The van der Waals surface area contributed by atoms with Gasteiger partial charge < -0.3 is 15.2 Å². The first kappa shape index (κ1) is 14.7. The van der Waals surface area contributed by atoms with E-state index < -0.39 is 5.97 Å². The Balaban J connectivity index is 2.07. The molecular formula is C17H17NO3. The average molecular weight is 283 g/mol. The number of nitrogens with one attached hydrogen (secondary N) is 1. The summed E-state index contributed by atoms with van der Waals surface area (Å²) in [6.07, 6.45) is 1.69. The van der Waals surface area contributed by atoms with Crippen LogP contribution in [0, 0.1) is 0 Å². The molecule has 0 aliphatic carbocycles. The Morgan fingerprint density at radius 1 is 1.24 bits per heavy atom.